The molecule has 0 saturated heterocycles. The molecule has 0 radical (unpaired) electrons. The summed E-state index contributed by atoms with van der Waals surface area (Å²) in [4.78, 5) is 39.7. The van der Waals surface area contributed by atoms with Gasteiger partial charge in [-0.25, -0.2) is 13.6 Å². The average molecular weight is 697 g/mol. The molecule has 0 spiro atoms. The van der Waals surface area contributed by atoms with Gasteiger partial charge in [-0.2, -0.15) is 0 Å². The number of methoxy groups -OCH3 is 1. The highest BCUT2D eigenvalue weighted by Crippen LogP contribution is 2.42. The average Bonchev–Trinajstić information content (AvgIpc) is 3.41. The highest BCUT2D eigenvalue weighted by atomic mass is 35.5. The third kappa shape index (κ3) is 7.34. The Labute approximate surface area is 287 Å². The van der Waals surface area contributed by atoms with E-state index in [1.165, 1.54) is 6.92 Å². The van der Waals surface area contributed by atoms with Gasteiger partial charge in [0.05, 0.1) is 22.2 Å². The number of fused-ring (bicyclic) bond motifs is 1. The van der Waals surface area contributed by atoms with E-state index in [1.807, 2.05) is 51.1 Å². The normalized spacial score (nSPS) is 17.2. The van der Waals surface area contributed by atoms with E-state index in [9.17, 15) is 28.3 Å². The second-order valence-corrected chi connectivity index (χ2v) is 14.8. The topological polar surface area (TPSA) is 95.9 Å². The highest BCUT2D eigenvalue weighted by Gasteiger charge is 2.39. The minimum atomic E-state index is -1.07. The summed E-state index contributed by atoms with van der Waals surface area (Å²) in [5.41, 5.74) is 2.73. The Bertz CT molecular complexity index is 1850. The smallest absolute Gasteiger partial charge is 0.404 e. The van der Waals surface area contributed by atoms with E-state index in [4.69, 9.17) is 16.3 Å². The van der Waals surface area contributed by atoms with Crippen LogP contribution in [0.25, 0.3) is 21.2 Å². The summed E-state index contributed by atoms with van der Waals surface area (Å²) in [6, 6.07) is 14.4. The summed E-state index contributed by atoms with van der Waals surface area (Å²) in [5.74, 6) is -1.23. The number of ether oxygens (including phenoxy) is 1. The van der Waals surface area contributed by atoms with Crippen molar-refractivity contribution in [3.63, 3.8) is 0 Å². The summed E-state index contributed by atoms with van der Waals surface area (Å²) >= 11 is 7.45. The predicted octanol–water partition coefficient (Wildman–Crippen LogP) is 9.59. The number of nitrogens with one attached hydrogen (secondary N) is 1. The number of carbonyl (C=O) groups is 3. The molecule has 2 N–H and O–H groups in total. The fourth-order valence-electron chi connectivity index (χ4n) is 6.82. The quantitative estimate of drug-likeness (QED) is 0.170. The zero-order chi connectivity index (χ0) is 34.9. The Kier molecular flexibility index (Phi) is 10.5. The molecular formula is C37H39ClF2N2O5S. The van der Waals surface area contributed by atoms with Crippen LogP contribution in [0, 0.1) is 23.0 Å². The molecule has 48 heavy (non-hydrogen) atoms. The van der Waals surface area contributed by atoms with Gasteiger partial charge in [-0.1, -0.05) is 62.7 Å². The maximum atomic E-state index is 14.8. The Morgan fingerprint density at radius 3 is 2.19 bits per heavy atom. The minimum absolute atomic E-state index is 0.0200. The second kappa shape index (κ2) is 14.2. The van der Waals surface area contributed by atoms with Gasteiger partial charge in [0.2, 0.25) is 0 Å². The molecule has 1 aromatic heterocycles. The second-order valence-electron chi connectivity index (χ2n) is 13.4. The van der Waals surface area contributed by atoms with Crippen LogP contribution in [0.15, 0.2) is 54.6 Å². The third-order valence-electron chi connectivity index (χ3n) is 9.25. The van der Waals surface area contributed by atoms with E-state index in [1.54, 1.807) is 24.1 Å². The molecule has 254 valence electrons. The lowest BCUT2D eigenvalue weighted by Crippen LogP contribution is -2.50. The summed E-state index contributed by atoms with van der Waals surface area (Å²) in [7, 11) is 1.55. The van der Waals surface area contributed by atoms with Crippen molar-refractivity contribution < 1.29 is 33.0 Å². The molecule has 0 bridgehead atoms. The number of amides is 2. The molecule has 2 amide bonds. The molecule has 11 heteroatoms. The van der Waals surface area contributed by atoms with Gasteiger partial charge in [-0.05, 0) is 79.3 Å². The van der Waals surface area contributed by atoms with Gasteiger partial charge in [0.1, 0.15) is 22.3 Å². The minimum Gasteiger partial charge on any atom is -0.496 e. The number of hydrogen-bond donors (Lipinski definition) is 2. The third-order valence-corrected chi connectivity index (χ3v) is 10.9. The van der Waals surface area contributed by atoms with Crippen LogP contribution in [0.2, 0.25) is 5.02 Å². The first-order valence-corrected chi connectivity index (χ1v) is 17.0. The summed E-state index contributed by atoms with van der Waals surface area (Å²) < 4.78 is 35.3. The summed E-state index contributed by atoms with van der Waals surface area (Å²) in [5, 5.41) is 12.0. The van der Waals surface area contributed by atoms with Gasteiger partial charge < -0.3 is 20.1 Å². The first-order valence-electron chi connectivity index (χ1n) is 15.8. The molecule has 1 aliphatic carbocycles. The lowest BCUT2D eigenvalue weighted by atomic mass is 9.72. The van der Waals surface area contributed by atoms with Crippen LogP contribution in [0.5, 0.6) is 5.75 Å². The van der Waals surface area contributed by atoms with E-state index in [-0.39, 0.29) is 55.7 Å². The number of rotatable bonds is 9. The lowest BCUT2D eigenvalue weighted by molar-refractivity contribution is 0.0543. The Morgan fingerprint density at radius 1 is 1.00 bits per heavy atom. The van der Waals surface area contributed by atoms with E-state index in [0.29, 0.717) is 37.0 Å². The van der Waals surface area contributed by atoms with E-state index in [2.05, 4.69) is 5.32 Å². The number of Topliss-reactive ketones (excluding diaryl/α,β-unsaturated/α-hetero) is 1. The number of carbonyl (C=O) groups excluding carboxylic acids is 2. The van der Waals surface area contributed by atoms with Crippen molar-refractivity contribution >= 4 is 50.8 Å². The molecular weight excluding hydrogens is 658 g/mol. The molecule has 1 atom stereocenters. The van der Waals surface area contributed by atoms with Crippen LogP contribution >= 0.6 is 22.9 Å². The monoisotopic (exact) mass is 696 g/mol. The number of thiophene rings is 1. The standard InChI is InChI=1S/C37H39ClF2N2O5S/c1-20(43)21-6-8-22(9-7-21)24-12-17-29(47-5)25(18-24)19-42(26-13-10-23(11-14-26)34(37(2,3)4)41-36(45)46)35(44)33-31(38)30-27(39)15-16-28(40)32(30)48-33/h6-9,12,15-18,23,26,34,41H,10-11,13-14,19H2,1-5H3,(H,45,46). The molecule has 4 aromatic rings. The fraction of sp³-hybridized carbons (Fsp3) is 0.378. The first kappa shape index (κ1) is 35.3. The molecule has 5 rings (SSSR count). The van der Waals surface area contributed by atoms with Crippen molar-refractivity contribution in [2.24, 2.45) is 11.3 Å². The summed E-state index contributed by atoms with van der Waals surface area (Å²) in [6.07, 6.45) is 1.43. The van der Waals surface area contributed by atoms with Crippen LogP contribution < -0.4 is 10.1 Å². The molecule has 1 unspecified atom stereocenters. The van der Waals surface area contributed by atoms with Crippen molar-refractivity contribution in [2.75, 3.05) is 7.11 Å². The van der Waals surface area contributed by atoms with Crippen molar-refractivity contribution in [2.45, 2.75) is 72.0 Å². The Hall–Kier alpha value is -4.02. The van der Waals surface area contributed by atoms with E-state index in [0.717, 1.165) is 40.2 Å². The van der Waals surface area contributed by atoms with Gasteiger partial charge in [0, 0.05) is 29.8 Å². The number of hydrogen-bond acceptors (Lipinski definition) is 5. The fourth-order valence-corrected chi connectivity index (χ4v) is 8.32. The van der Waals surface area contributed by atoms with Gasteiger partial charge in [-0.3, -0.25) is 9.59 Å². The van der Waals surface area contributed by atoms with E-state index >= 15 is 0 Å². The Balaban J connectivity index is 1.53. The van der Waals surface area contributed by atoms with Crippen LogP contribution in [0.3, 0.4) is 0 Å². The number of carboxylic acid groups (broad SMARTS) is 1. The number of benzene rings is 3. The molecule has 7 nitrogen and oxygen atoms in total. The maximum absolute atomic E-state index is 14.8. The van der Waals surface area contributed by atoms with Gasteiger partial charge in [0.25, 0.3) is 5.91 Å². The van der Waals surface area contributed by atoms with Crippen molar-refractivity contribution in [3.8, 4) is 16.9 Å². The van der Waals surface area contributed by atoms with Crippen LogP contribution in [-0.4, -0.2) is 47.0 Å². The SMILES string of the molecule is COc1ccc(-c2ccc(C(C)=O)cc2)cc1CN(C(=O)c1sc2c(F)ccc(F)c2c1Cl)C1CCC(C(NC(=O)O)C(C)(C)C)CC1. The molecule has 1 aliphatic rings. The van der Waals surface area contributed by atoms with E-state index < -0.39 is 23.6 Å². The number of nitrogens with zero attached hydrogens (tertiary/aromatic N) is 1. The largest absolute Gasteiger partial charge is 0.496 e. The molecule has 0 aliphatic heterocycles. The van der Waals surface area contributed by atoms with Crippen molar-refractivity contribution in [1.82, 2.24) is 10.2 Å². The van der Waals surface area contributed by atoms with Crippen LogP contribution in [-0.2, 0) is 6.54 Å². The van der Waals surface area contributed by atoms with Crippen LogP contribution in [0.1, 0.15) is 79.0 Å². The zero-order valence-corrected chi connectivity index (χ0v) is 29.1. The highest BCUT2D eigenvalue weighted by molar-refractivity contribution is 7.21. The lowest BCUT2D eigenvalue weighted by Gasteiger charge is -2.43. The van der Waals surface area contributed by atoms with Gasteiger partial charge in [-0.15, -0.1) is 11.3 Å². The summed E-state index contributed by atoms with van der Waals surface area (Å²) in [6.45, 7) is 7.65. The molecule has 3 aromatic carbocycles. The Morgan fingerprint density at radius 2 is 1.62 bits per heavy atom. The number of halogens is 3. The van der Waals surface area contributed by atoms with Gasteiger partial charge >= 0.3 is 6.09 Å². The molecule has 1 heterocycles. The predicted molar refractivity (Wildman–Crippen MR) is 185 cm³/mol. The maximum Gasteiger partial charge on any atom is 0.404 e. The molecule has 1 fully saturated rings. The van der Waals surface area contributed by atoms with Crippen molar-refractivity contribution in [3.05, 3.63) is 87.3 Å². The van der Waals surface area contributed by atoms with Crippen LogP contribution in [0.4, 0.5) is 13.6 Å². The first-order chi connectivity index (χ1) is 22.7. The number of ketones is 1. The van der Waals surface area contributed by atoms with Crippen molar-refractivity contribution in [1.29, 1.82) is 0 Å². The molecule has 1 saturated carbocycles. The zero-order valence-electron chi connectivity index (χ0n) is 27.5. The van der Waals surface area contributed by atoms with Gasteiger partial charge in [0.15, 0.2) is 5.78 Å².